The van der Waals surface area contributed by atoms with Crippen LogP contribution in [0.3, 0.4) is 0 Å². The van der Waals surface area contributed by atoms with Crippen molar-refractivity contribution in [3.05, 3.63) is 36.2 Å². The standard InChI is InChI=1S/C15H19N3/c1-2-16-14(9-11-7-8-11)15-10-17-12-5-3-4-6-13(12)18-15/h3-6,10-11,14,16H,2,7-9H2,1H3. The van der Waals surface area contributed by atoms with E-state index in [2.05, 4.69) is 17.2 Å². The van der Waals surface area contributed by atoms with Gasteiger partial charge in [0.2, 0.25) is 0 Å². The largest absolute Gasteiger partial charge is 0.309 e. The van der Waals surface area contributed by atoms with E-state index in [4.69, 9.17) is 4.98 Å². The van der Waals surface area contributed by atoms with E-state index in [9.17, 15) is 0 Å². The summed E-state index contributed by atoms with van der Waals surface area (Å²) in [6.07, 6.45) is 5.88. The highest BCUT2D eigenvalue weighted by atomic mass is 14.9. The number of aromatic nitrogens is 2. The second-order valence-corrected chi connectivity index (χ2v) is 5.07. The summed E-state index contributed by atoms with van der Waals surface area (Å²) in [6.45, 7) is 3.13. The van der Waals surface area contributed by atoms with E-state index in [1.165, 1.54) is 19.3 Å². The van der Waals surface area contributed by atoms with Crippen LogP contribution in [0.15, 0.2) is 30.5 Å². The molecule has 0 saturated heterocycles. The molecule has 1 atom stereocenters. The van der Waals surface area contributed by atoms with Gasteiger partial charge in [-0.2, -0.15) is 0 Å². The molecule has 18 heavy (non-hydrogen) atoms. The zero-order valence-electron chi connectivity index (χ0n) is 10.8. The van der Waals surface area contributed by atoms with Crippen LogP contribution in [0.2, 0.25) is 0 Å². The first kappa shape index (κ1) is 11.6. The quantitative estimate of drug-likeness (QED) is 0.874. The average molecular weight is 241 g/mol. The monoisotopic (exact) mass is 241 g/mol. The Morgan fingerprint density at radius 1 is 1.28 bits per heavy atom. The Morgan fingerprint density at radius 2 is 2.06 bits per heavy atom. The summed E-state index contributed by atoms with van der Waals surface area (Å²) < 4.78 is 0. The van der Waals surface area contributed by atoms with E-state index in [1.807, 2.05) is 30.5 Å². The van der Waals surface area contributed by atoms with Crippen LogP contribution in [0.1, 0.15) is 37.9 Å². The first-order valence-electron chi connectivity index (χ1n) is 6.82. The van der Waals surface area contributed by atoms with Gasteiger partial charge in [-0.15, -0.1) is 0 Å². The van der Waals surface area contributed by atoms with E-state index >= 15 is 0 Å². The summed E-state index contributed by atoms with van der Waals surface area (Å²) in [5.41, 5.74) is 3.05. The lowest BCUT2D eigenvalue weighted by Crippen LogP contribution is -2.22. The number of benzene rings is 1. The van der Waals surface area contributed by atoms with Gasteiger partial charge in [0.05, 0.1) is 29.0 Å². The molecule has 1 aliphatic rings. The number of hydrogen-bond donors (Lipinski definition) is 1. The maximum absolute atomic E-state index is 4.75. The third-order valence-corrected chi connectivity index (χ3v) is 3.54. The van der Waals surface area contributed by atoms with Crippen LogP contribution in [-0.2, 0) is 0 Å². The van der Waals surface area contributed by atoms with Gasteiger partial charge in [-0.05, 0) is 31.0 Å². The number of nitrogens with zero attached hydrogens (tertiary/aromatic N) is 2. The minimum absolute atomic E-state index is 0.361. The number of nitrogens with one attached hydrogen (secondary N) is 1. The smallest absolute Gasteiger partial charge is 0.0890 e. The summed E-state index contributed by atoms with van der Waals surface area (Å²) in [5, 5.41) is 3.53. The zero-order valence-corrected chi connectivity index (χ0v) is 10.8. The first-order chi connectivity index (χ1) is 8.86. The van der Waals surface area contributed by atoms with Crippen LogP contribution >= 0.6 is 0 Å². The molecule has 3 nitrogen and oxygen atoms in total. The molecule has 1 aromatic heterocycles. The lowest BCUT2D eigenvalue weighted by molar-refractivity contribution is 0.476. The molecule has 3 heteroatoms. The summed E-state index contributed by atoms with van der Waals surface area (Å²) in [6, 6.07) is 8.42. The predicted molar refractivity (Wildman–Crippen MR) is 73.3 cm³/mol. The fourth-order valence-corrected chi connectivity index (χ4v) is 2.38. The Bertz CT molecular complexity index is 534. The minimum Gasteiger partial charge on any atom is -0.309 e. The molecule has 94 valence electrons. The Morgan fingerprint density at radius 3 is 2.78 bits per heavy atom. The topological polar surface area (TPSA) is 37.8 Å². The Labute approximate surface area is 108 Å². The molecular weight excluding hydrogens is 222 g/mol. The van der Waals surface area contributed by atoms with Crippen molar-refractivity contribution in [2.45, 2.75) is 32.2 Å². The van der Waals surface area contributed by atoms with Crippen molar-refractivity contribution in [1.29, 1.82) is 0 Å². The number of fused-ring (bicyclic) bond motifs is 1. The molecule has 1 N–H and O–H groups in total. The third kappa shape index (κ3) is 2.51. The van der Waals surface area contributed by atoms with Crippen molar-refractivity contribution in [1.82, 2.24) is 15.3 Å². The van der Waals surface area contributed by atoms with Crippen molar-refractivity contribution in [2.24, 2.45) is 5.92 Å². The van der Waals surface area contributed by atoms with Crippen LogP contribution in [0.5, 0.6) is 0 Å². The van der Waals surface area contributed by atoms with Crippen molar-refractivity contribution < 1.29 is 0 Å². The summed E-state index contributed by atoms with van der Waals surface area (Å²) >= 11 is 0. The minimum atomic E-state index is 0.361. The zero-order chi connectivity index (χ0) is 12.4. The lowest BCUT2D eigenvalue weighted by atomic mass is 10.1. The second kappa shape index (κ2) is 5.02. The van der Waals surface area contributed by atoms with Gasteiger partial charge in [-0.3, -0.25) is 4.98 Å². The first-order valence-corrected chi connectivity index (χ1v) is 6.82. The van der Waals surface area contributed by atoms with Crippen molar-refractivity contribution in [3.8, 4) is 0 Å². The van der Waals surface area contributed by atoms with E-state index in [0.717, 1.165) is 29.2 Å². The molecule has 1 saturated carbocycles. The SMILES string of the molecule is CCNC(CC1CC1)c1cnc2ccccc2n1. The van der Waals surface area contributed by atoms with E-state index in [0.29, 0.717) is 6.04 Å². The highest BCUT2D eigenvalue weighted by molar-refractivity contribution is 5.73. The lowest BCUT2D eigenvalue weighted by Gasteiger charge is -2.17. The molecule has 1 fully saturated rings. The predicted octanol–water partition coefficient (Wildman–Crippen LogP) is 3.08. The number of rotatable bonds is 5. The van der Waals surface area contributed by atoms with Gasteiger partial charge in [-0.25, -0.2) is 4.98 Å². The number of para-hydroxylation sites is 2. The van der Waals surface area contributed by atoms with Crippen LogP contribution in [0.25, 0.3) is 11.0 Å². The molecule has 0 radical (unpaired) electrons. The molecule has 0 aliphatic heterocycles. The van der Waals surface area contributed by atoms with E-state index < -0.39 is 0 Å². The van der Waals surface area contributed by atoms with Gasteiger partial charge in [0.25, 0.3) is 0 Å². The molecule has 2 aromatic rings. The van der Waals surface area contributed by atoms with Gasteiger partial charge < -0.3 is 5.32 Å². The highest BCUT2D eigenvalue weighted by Crippen LogP contribution is 2.37. The Kier molecular flexibility index (Phi) is 3.24. The van der Waals surface area contributed by atoms with Gasteiger partial charge >= 0.3 is 0 Å². The highest BCUT2D eigenvalue weighted by Gasteiger charge is 2.26. The molecule has 3 rings (SSSR count). The van der Waals surface area contributed by atoms with Crippen LogP contribution in [0.4, 0.5) is 0 Å². The fourth-order valence-electron chi connectivity index (χ4n) is 2.38. The van der Waals surface area contributed by atoms with Gasteiger partial charge in [0.15, 0.2) is 0 Å². The van der Waals surface area contributed by atoms with Gasteiger partial charge in [0, 0.05) is 0 Å². The molecule has 0 spiro atoms. The molecule has 1 aromatic carbocycles. The van der Waals surface area contributed by atoms with E-state index in [-0.39, 0.29) is 0 Å². The van der Waals surface area contributed by atoms with Crippen LogP contribution in [-0.4, -0.2) is 16.5 Å². The third-order valence-electron chi connectivity index (χ3n) is 3.54. The average Bonchev–Trinajstić information content (AvgIpc) is 3.22. The Hall–Kier alpha value is -1.48. The summed E-state index contributed by atoms with van der Waals surface area (Å²) in [4.78, 5) is 9.26. The summed E-state index contributed by atoms with van der Waals surface area (Å²) in [5.74, 6) is 0.891. The molecular formula is C15H19N3. The maximum atomic E-state index is 4.75. The van der Waals surface area contributed by atoms with Crippen molar-refractivity contribution in [3.63, 3.8) is 0 Å². The molecule has 1 aliphatic carbocycles. The van der Waals surface area contributed by atoms with E-state index in [1.54, 1.807) is 0 Å². The second-order valence-electron chi connectivity index (χ2n) is 5.07. The van der Waals surface area contributed by atoms with Gasteiger partial charge in [0.1, 0.15) is 0 Å². The fraction of sp³-hybridized carbons (Fsp3) is 0.467. The molecule has 0 amide bonds. The number of hydrogen-bond acceptors (Lipinski definition) is 3. The summed E-state index contributed by atoms with van der Waals surface area (Å²) in [7, 11) is 0. The van der Waals surface area contributed by atoms with Crippen LogP contribution < -0.4 is 5.32 Å². The van der Waals surface area contributed by atoms with Crippen LogP contribution in [0, 0.1) is 5.92 Å². The van der Waals surface area contributed by atoms with Gasteiger partial charge in [-0.1, -0.05) is 31.9 Å². The molecule has 1 unspecified atom stereocenters. The normalized spacial score (nSPS) is 16.9. The van der Waals surface area contributed by atoms with Crippen molar-refractivity contribution >= 4 is 11.0 Å². The Balaban J connectivity index is 1.89. The molecule has 0 bridgehead atoms. The van der Waals surface area contributed by atoms with Crippen molar-refractivity contribution in [2.75, 3.05) is 6.54 Å². The maximum Gasteiger partial charge on any atom is 0.0890 e. The molecule has 1 heterocycles.